The first-order valence-corrected chi connectivity index (χ1v) is 8.41. The van der Waals surface area contributed by atoms with E-state index >= 15 is 0 Å². The number of hydrogen-bond acceptors (Lipinski definition) is 5. The molecule has 0 aliphatic rings. The third kappa shape index (κ3) is 6.01. The quantitative estimate of drug-likeness (QED) is 0.319. The number of nitrogens with one attached hydrogen (secondary N) is 1. The van der Waals surface area contributed by atoms with Crippen LogP contribution in [0.2, 0.25) is 0 Å². The first-order valence-electron chi connectivity index (χ1n) is 8.41. The first-order chi connectivity index (χ1) is 12.6. The topological polar surface area (TPSA) is 93.8 Å². The zero-order valence-electron chi connectivity index (χ0n) is 14.6. The van der Waals surface area contributed by atoms with Crippen LogP contribution in [0, 0.1) is 10.1 Å². The lowest BCUT2D eigenvalue weighted by atomic mass is 10.2. The minimum absolute atomic E-state index is 0.0675. The van der Waals surface area contributed by atoms with Crippen molar-refractivity contribution >= 4 is 17.8 Å². The number of hydrogen-bond donors (Lipinski definition) is 1. The summed E-state index contributed by atoms with van der Waals surface area (Å²) in [6.45, 7) is 2.85. The summed E-state index contributed by atoms with van der Waals surface area (Å²) < 4.78 is 5.63. The number of hydrazone groups is 1. The molecule has 0 aromatic heterocycles. The molecule has 0 aliphatic carbocycles. The van der Waals surface area contributed by atoms with Gasteiger partial charge in [-0.15, -0.1) is 0 Å². The third-order valence-electron chi connectivity index (χ3n) is 3.62. The molecule has 0 saturated heterocycles. The highest BCUT2D eigenvalue weighted by atomic mass is 16.6. The Hall–Kier alpha value is -3.22. The van der Waals surface area contributed by atoms with E-state index in [9.17, 15) is 14.9 Å². The van der Waals surface area contributed by atoms with Gasteiger partial charge in [0.05, 0.1) is 17.7 Å². The normalized spacial score (nSPS) is 10.7. The minimum Gasteiger partial charge on any atom is -0.494 e. The molecule has 2 aromatic rings. The Labute approximate surface area is 151 Å². The van der Waals surface area contributed by atoms with E-state index in [1.807, 2.05) is 24.3 Å². The van der Waals surface area contributed by atoms with Crippen LogP contribution < -0.4 is 10.2 Å². The van der Waals surface area contributed by atoms with Crippen LogP contribution >= 0.6 is 0 Å². The van der Waals surface area contributed by atoms with Crippen molar-refractivity contribution in [2.75, 3.05) is 6.61 Å². The van der Waals surface area contributed by atoms with E-state index in [4.69, 9.17) is 4.74 Å². The Balaban J connectivity index is 1.83. The number of amides is 1. The second-order valence-corrected chi connectivity index (χ2v) is 5.63. The highest BCUT2D eigenvalue weighted by Gasteiger charge is 2.08. The van der Waals surface area contributed by atoms with Gasteiger partial charge in [0.25, 0.3) is 11.6 Å². The van der Waals surface area contributed by atoms with Gasteiger partial charge in [0, 0.05) is 17.7 Å². The van der Waals surface area contributed by atoms with E-state index in [1.54, 1.807) is 0 Å². The molecule has 0 spiro atoms. The number of ether oxygens (including phenoxy) is 1. The molecule has 0 bridgehead atoms. The standard InChI is InChI=1S/C19H21N3O4/c1-2-3-4-13-26-18-11-5-15(6-12-18)14-20-21-19(23)16-7-9-17(10-8-16)22(24)25/h5-12,14H,2-4,13H2,1H3,(H,21,23)/b20-14+. The Morgan fingerprint density at radius 3 is 2.46 bits per heavy atom. The molecule has 1 N–H and O–H groups in total. The molecule has 0 radical (unpaired) electrons. The number of non-ortho nitro benzene ring substituents is 1. The van der Waals surface area contributed by atoms with Crippen molar-refractivity contribution in [1.29, 1.82) is 0 Å². The molecule has 0 atom stereocenters. The van der Waals surface area contributed by atoms with Crippen molar-refractivity contribution in [3.8, 4) is 5.75 Å². The summed E-state index contributed by atoms with van der Waals surface area (Å²) >= 11 is 0. The second kappa shape index (κ2) is 9.93. The lowest BCUT2D eigenvalue weighted by molar-refractivity contribution is -0.384. The number of nitro benzene ring substituents is 1. The molecule has 0 aliphatic heterocycles. The van der Waals surface area contributed by atoms with Crippen LogP contribution in [0.15, 0.2) is 53.6 Å². The molecule has 0 unspecified atom stereocenters. The maximum Gasteiger partial charge on any atom is 0.271 e. The number of rotatable bonds is 9. The van der Waals surface area contributed by atoms with Crippen molar-refractivity contribution < 1.29 is 14.5 Å². The first kappa shape index (κ1) is 19.1. The fourth-order valence-corrected chi connectivity index (χ4v) is 2.16. The van der Waals surface area contributed by atoms with Crippen LogP contribution in [-0.2, 0) is 0 Å². The number of carbonyl (C=O) groups excluding carboxylic acids is 1. The zero-order valence-corrected chi connectivity index (χ0v) is 14.6. The molecular formula is C19H21N3O4. The lowest BCUT2D eigenvalue weighted by Crippen LogP contribution is -2.17. The van der Waals surface area contributed by atoms with Crippen LogP contribution in [0.1, 0.15) is 42.1 Å². The van der Waals surface area contributed by atoms with E-state index < -0.39 is 10.8 Å². The molecule has 7 nitrogen and oxygen atoms in total. The van der Waals surface area contributed by atoms with Crippen molar-refractivity contribution in [1.82, 2.24) is 5.43 Å². The Bertz CT molecular complexity index is 755. The average molecular weight is 355 g/mol. The van der Waals surface area contributed by atoms with E-state index in [2.05, 4.69) is 17.5 Å². The fourth-order valence-electron chi connectivity index (χ4n) is 2.16. The van der Waals surface area contributed by atoms with Gasteiger partial charge in [-0.2, -0.15) is 5.10 Å². The van der Waals surface area contributed by atoms with Crippen LogP contribution in [-0.4, -0.2) is 23.7 Å². The van der Waals surface area contributed by atoms with E-state index in [0.29, 0.717) is 12.2 Å². The van der Waals surface area contributed by atoms with Crippen LogP contribution in [0.3, 0.4) is 0 Å². The molecule has 0 saturated carbocycles. The smallest absolute Gasteiger partial charge is 0.271 e. The number of nitro groups is 1. The predicted molar refractivity (Wildman–Crippen MR) is 99.6 cm³/mol. The van der Waals surface area contributed by atoms with Gasteiger partial charge in [-0.1, -0.05) is 19.8 Å². The lowest BCUT2D eigenvalue weighted by Gasteiger charge is -2.05. The monoisotopic (exact) mass is 355 g/mol. The van der Waals surface area contributed by atoms with Gasteiger partial charge in [-0.05, 0) is 48.4 Å². The number of carbonyl (C=O) groups is 1. The van der Waals surface area contributed by atoms with Crippen LogP contribution in [0.5, 0.6) is 5.75 Å². The Kier molecular flexibility index (Phi) is 7.30. The highest BCUT2D eigenvalue weighted by molar-refractivity contribution is 5.95. The molecular weight excluding hydrogens is 334 g/mol. The number of unbranched alkanes of at least 4 members (excludes halogenated alkanes) is 2. The average Bonchev–Trinajstić information content (AvgIpc) is 2.66. The summed E-state index contributed by atoms with van der Waals surface area (Å²) in [4.78, 5) is 22.0. The van der Waals surface area contributed by atoms with Crippen LogP contribution in [0.4, 0.5) is 5.69 Å². The van der Waals surface area contributed by atoms with Gasteiger partial charge >= 0.3 is 0 Å². The molecule has 0 fully saturated rings. The maximum absolute atomic E-state index is 11.9. The fraction of sp³-hybridized carbons (Fsp3) is 0.263. The predicted octanol–water partition coefficient (Wildman–Crippen LogP) is 3.93. The van der Waals surface area contributed by atoms with E-state index in [-0.39, 0.29) is 5.69 Å². The van der Waals surface area contributed by atoms with Gasteiger partial charge in [-0.3, -0.25) is 14.9 Å². The van der Waals surface area contributed by atoms with Crippen molar-refractivity contribution in [2.24, 2.45) is 5.10 Å². The van der Waals surface area contributed by atoms with Gasteiger partial charge in [0.2, 0.25) is 0 Å². The summed E-state index contributed by atoms with van der Waals surface area (Å²) in [7, 11) is 0. The number of nitrogens with zero attached hydrogens (tertiary/aromatic N) is 2. The molecule has 136 valence electrons. The molecule has 7 heteroatoms. The Morgan fingerprint density at radius 1 is 1.15 bits per heavy atom. The molecule has 0 heterocycles. The summed E-state index contributed by atoms with van der Waals surface area (Å²) in [5.41, 5.74) is 3.43. The van der Waals surface area contributed by atoms with Gasteiger partial charge in [-0.25, -0.2) is 5.43 Å². The molecule has 26 heavy (non-hydrogen) atoms. The summed E-state index contributed by atoms with van der Waals surface area (Å²) in [5.74, 6) is 0.361. The SMILES string of the molecule is CCCCCOc1ccc(/C=N/NC(=O)c2ccc([N+](=O)[O-])cc2)cc1. The van der Waals surface area contributed by atoms with Gasteiger partial charge in [0.15, 0.2) is 0 Å². The molecule has 2 rings (SSSR count). The second-order valence-electron chi connectivity index (χ2n) is 5.63. The Morgan fingerprint density at radius 2 is 1.85 bits per heavy atom. The molecule has 2 aromatic carbocycles. The summed E-state index contributed by atoms with van der Waals surface area (Å²) in [6, 6.07) is 12.7. The van der Waals surface area contributed by atoms with Crippen molar-refractivity contribution in [3.05, 3.63) is 69.8 Å². The summed E-state index contributed by atoms with van der Waals surface area (Å²) in [6.07, 6.45) is 4.86. The summed E-state index contributed by atoms with van der Waals surface area (Å²) in [5, 5.41) is 14.5. The van der Waals surface area contributed by atoms with Crippen molar-refractivity contribution in [2.45, 2.75) is 26.2 Å². The zero-order chi connectivity index (χ0) is 18.8. The number of benzene rings is 2. The van der Waals surface area contributed by atoms with Crippen molar-refractivity contribution in [3.63, 3.8) is 0 Å². The van der Waals surface area contributed by atoms with Crippen LogP contribution in [0.25, 0.3) is 0 Å². The van der Waals surface area contributed by atoms with Gasteiger partial charge < -0.3 is 4.74 Å². The van der Waals surface area contributed by atoms with Gasteiger partial charge in [0.1, 0.15) is 5.75 Å². The maximum atomic E-state index is 11.9. The van der Waals surface area contributed by atoms with E-state index in [1.165, 1.54) is 30.5 Å². The largest absolute Gasteiger partial charge is 0.494 e. The highest BCUT2D eigenvalue weighted by Crippen LogP contribution is 2.13. The molecule has 1 amide bonds. The third-order valence-corrected chi connectivity index (χ3v) is 3.62. The minimum atomic E-state index is -0.517. The van der Waals surface area contributed by atoms with E-state index in [0.717, 1.165) is 30.6 Å².